The summed E-state index contributed by atoms with van der Waals surface area (Å²) in [6, 6.07) is 6.63. The molecule has 1 aliphatic rings. The summed E-state index contributed by atoms with van der Waals surface area (Å²) in [4.78, 5) is 0. The Labute approximate surface area is 123 Å². The monoisotopic (exact) mass is 313 g/mol. The summed E-state index contributed by atoms with van der Waals surface area (Å²) >= 11 is 5.76. The second-order valence-corrected chi connectivity index (χ2v) is 6.72. The second kappa shape index (κ2) is 6.54. The van der Waals surface area contributed by atoms with Gasteiger partial charge in [0.25, 0.3) is 0 Å². The van der Waals surface area contributed by atoms with E-state index in [-0.39, 0.29) is 18.6 Å². The smallest absolute Gasteiger partial charge is 0.234 e. The Balaban J connectivity index is 1.97. The van der Waals surface area contributed by atoms with Crippen LogP contribution >= 0.6 is 11.6 Å². The first-order valence-corrected chi connectivity index (χ1v) is 8.16. The van der Waals surface area contributed by atoms with Crippen molar-refractivity contribution in [1.82, 2.24) is 4.72 Å². The van der Waals surface area contributed by atoms with E-state index in [4.69, 9.17) is 16.7 Å². The third-order valence-electron chi connectivity index (χ3n) is 3.03. The zero-order valence-electron chi connectivity index (χ0n) is 10.7. The Morgan fingerprint density at radius 2 is 2.00 bits per heavy atom. The molecular weight excluding hydrogens is 298 g/mol. The number of halogens is 1. The van der Waals surface area contributed by atoms with Crippen molar-refractivity contribution in [2.24, 2.45) is 5.92 Å². The third kappa shape index (κ3) is 4.45. The highest BCUT2D eigenvalue weighted by Gasteiger charge is 2.21. The van der Waals surface area contributed by atoms with Gasteiger partial charge in [0, 0.05) is 29.0 Å². The summed E-state index contributed by atoms with van der Waals surface area (Å²) in [6.07, 6.45) is 5.70. The van der Waals surface area contributed by atoms with E-state index < -0.39 is 10.0 Å². The fourth-order valence-corrected chi connectivity index (χ4v) is 3.13. The van der Waals surface area contributed by atoms with Crippen molar-refractivity contribution in [3.8, 4) is 0 Å². The number of nitrogens with one attached hydrogen (secondary N) is 1. The van der Waals surface area contributed by atoms with Gasteiger partial charge in [-0.25, -0.2) is 13.1 Å². The van der Waals surface area contributed by atoms with Crippen molar-refractivity contribution in [2.45, 2.75) is 12.5 Å². The van der Waals surface area contributed by atoms with Crippen LogP contribution in [0.15, 0.2) is 41.8 Å². The number of aliphatic hydroxyl groups is 1. The van der Waals surface area contributed by atoms with Crippen molar-refractivity contribution in [1.29, 1.82) is 0 Å². The minimum atomic E-state index is -3.50. The van der Waals surface area contributed by atoms with Gasteiger partial charge >= 0.3 is 0 Å². The molecule has 108 valence electrons. The Morgan fingerprint density at radius 3 is 2.60 bits per heavy atom. The SMILES string of the molecule is O=S(=O)(/C=C/c1ccc(Cl)cc1)N[C@@H]1C=C[C@H](CO)C1. The maximum atomic E-state index is 11.9. The lowest BCUT2D eigenvalue weighted by atomic mass is 10.1. The van der Waals surface area contributed by atoms with Crippen LogP contribution in [-0.2, 0) is 10.0 Å². The van der Waals surface area contributed by atoms with Crippen LogP contribution < -0.4 is 4.72 Å². The summed E-state index contributed by atoms with van der Waals surface area (Å²) in [7, 11) is -3.50. The number of sulfonamides is 1. The zero-order chi connectivity index (χ0) is 14.6. The normalized spacial score (nSPS) is 22.7. The van der Waals surface area contributed by atoms with Gasteiger partial charge in [0.1, 0.15) is 0 Å². The molecular formula is C14H16ClNO3S. The molecule has 0 spiro atoms. The molecule has 1 aliphatic carbocycles. The Bertz CT molecular complexity index is 608. The summed E-state index contributed by atoms with van der Waals surface area (Å²) in [5, 5.41) is 10.7. The molecule has 1 aromatic rings. The number of aliphatic hydroxyl groups excluding tert-OH is 1. The number of benzene rings is 1. The van der Waals surface area contributed by atoms with Crippen LogP contribution in [-0.4, -0.2) is 26.2 Å². The molecule has 0 aromatic heterocycles. The number of hydrogen-bond acceptors (Lipinski definition) is 3. The summed E-state index contributed by atoms with van der Waals surface area (Å²) in [6.45, 7) is 0.0370. The van der Waals surface area contributed by atoms with E-state index in [0.717, 1.165) is 11.0 Å². The molecule has 0 saturated carbocycles. The van der Waals surface area contributed by atoms with Crippen molar-refractivity contribution < 1.29 is 13.5 Å². The first-order valence-electron chi connectivity index (χ1n) is 6.24. The quantitative estimate of drug-likeness (QED) is 0.819. The molecule has 2 rings (SSSR count). The molecule has 20 heavy (non-hydrogen) atoms. The van der Waals surface area contributed by atoms with Crippen LogP contribution in [0.4, 0.5) is 0 Å². The van der Waals surface area contributed by atoms with Crippen LogP contribution in [0.3, 0.4) is 0 Å². The average Bonchev–Trinajstić information content (AvgIpc) is 2.85. The van der Waals surface area contributed by atoms with E-state index in [2.05, 4.69) is 4.72 Å². The van der Waals surface area contributed by atoms with E-state index in [1.807, 2.05) is 6.08 Å². The topological polar surface area (TPSA) is 66.4 Å². The highest BCUT2D eigenvalue weighted by atomic mass is 35.5. The molecule has 0 unspecified atom stereocenters. The molecule has 0 bridgehead atoms. The van der Waals surface area contributed by atoms with Gasteiger partial charge in [-0.3, -0.25) is 0 Å². The molecule has 0 fully saturated rings. The molecule has 0 saturated heterocycles. The lowest BCUT2D eigenvalue weighted by Crippen LogP contribution is -2.31. The Hall–Kier alpha value is -1.14. The standard InChI is InChI=1S/C14H16ClNO3S/c15-13-4-1-11(2-5-13)7-8-20(18,19)16-14-6-3-12(9-14)10-17/h1-8,12,14,16-17H,9-10H2/b8-7+/t12-,14+/m0/s1. The first-order chi connectivity index (χ1) is 9.48. The average molecular weight is 314 g/mol. The van der Waals surface area contributed by atoms with E-state index in [0.29, 0.717) is 11.4 Å². The minimum absolute atomic E-state index is 0.0305. The molecule has 0 heterocycles. The molecule has 0 aliphatic heterocycles. The second-order valence-electron chi connectivity index (χ2n) is 4.69. The highest BCUT2D eigenvalue weighted by Crippen LogP contribution is 2.18. The van der Waals surface area contributed by atoms with Crippen LogP contribution in [0.2, 0.25) is 5.02 Å². The van der Waals surface area contributed by atoms with Crippen LogP contribution in [0, 0.1) is 5.92 Å². The maximum Gasteiger partial charge on any atom is 0.234 e. The predicted octanol–water partition coefficient (Wildman–Crippen LogP) is 2.17. The van der Waals surface area contributed by atoms with Crippen LogP contribution in [0.25, 0.3) is 6.08 Å². The van der Waals surface area contributed by atoms with E-state index >= 15 is 0 Å². The third-order valence-corrected chi connectivity index (χ3v) is 4.41. The van der Waals surface area contributed by atoms with Crippen molar-refractivity contribution in [3.63, 3.8) is 0 Å². The largest absolute Gasteiger partial charge is 0.396 e. The fraction of sp³-hybridized carbons (Fsp3) is 0.286. The van der Waals surface area contributed by atoms with E-state index in [1.165, 1.54) is 6.08 Å². The van der Waals surface area contributed by atoms with Crippen molar-refractivity contribution in [2.75, 3.05) is 6.61 Å². The molecule has 6 heteroatoms. The summed E-state index contributed by atoms with van der Waals surface area (Å²) in [5.74, 6) is 0.0305. The molecule has 1 aromatic carbocycles. The van der Waals surface area contributed by atoms with Crippen LogP contribution in [0.1, 0.15) is 12.0 Å². The lowest BCUT2D eigenvalue weighted by Gasteiger charge is -2.10. The van der Waals surface area contributed by atoms with Gasteiger partial charge in [0.2, 0.25) is 10.0 Å². The molecule has 2 N–H and O–H groups in total. The van der Waals surface area contributed by atoms with Crippen LogP contribution in [0.5, 0.6) is 0 Å². The van der Waals surface area contributed by atoms with Gasteiger partial charge in [0.05, 0.1) is 0 Å². The first kappa shape index (κ1) is 15.3. The minimum Gasteiger partial charge on any atom is -0.396 e. The van der Waals surface area contributed by atoms with E-state index in [1.54, 1.807) is 30.3 Å². The van der Waals surface area contributed by atoms with Gasteiger partial charge in [0.15, 0.2) is 0 Å². The van der Waals surface area contributed by atoms with E-state index in [9.17, 15) is 8.42 Å². The van der Waals surface area contributed by atoms with Crippen molar-refractivity contribution >= 4 is 27.7 Å². The van der Waals surface area contributed by atoms with Gasteiger partial charge in [-0.15, -0.1) is 0 Å². The highest BCUT2D eigenvalue weighted by molar-refractivity contribution is 7.92. The van der Waals surface area contributed by atoms with Gasteiger partial charge in [-0.1, -0.05) is 35.9 Å². The van der Waals surface area contributed by atoms with Gasteiger partial charge < -0.3 is 5.11 Å². The van der Waals surface area contributed by atoms with Gasteiger partial charge in [-0.05, 0) is 30.2 Å². The number of hydrogen-bond donors (Lipinski definition) is 2. The Morgan fingerprint density at radius 1 is 1.30 bits per heavy atom. The molecule has 2 atom stereocenters. The maximum absolute atomic E-state index is 11.9. The lowest BCUT2D eigenvalue weighted by molar-refractivity contribution is 0.248. The summed E-state index contributed by atoms with van der Waals surface area (Å²) in [5.41, 5.74) is 0.759. The predicted molar refractivity (Wildman–Crippen MR) is 80.7 cm³/mol. The number of rotatable bonds is 5. The molecule has 0 radical (unpaired) electrons. The van der Waals surface area contributed by atoms with Crippen molar-refractivity contribution in [3.05, 3.63) is 52.4 Å². The Kier molecular flexibility index (Phi) is 4.99. The fourth-order valence-electron chi connectivity index (χ4n) is 1.99. The zero-order valence-corrected chi connectivity index (χ0v) is 12.3. The summed E-state index contributed by atoms with van der Waals surface area (Å²) < 4.78 is 26.4. The van der Waals surface area contributed by atoms with Gasteiger partial charge in [-0.2, -0.15) is 0 Å². The molecule has 0 amide bonds. The molecule has 4 nitrogen and oxygen atoms in total.